The van der Waals surface area contributed by atoms with Crippen LogP contribution in [0.25, 0.3) is 5.65 Å². The van der Waals surface area contributed by atoms with Crippen LogP contribution in [0, 0.1) is 5.92 Å². The minimum atomic E-state index is 0.0145. The van der Waals surface area contributed by atoms with Crippen LogP contribution in [0.4, 0.5) is 0 Å². The number of nitrogens with zero attached hydrogens (tertiary/aromatic N) is 2. The summed E-state index contributed by atoms with van der Waals surface area (Å²) in [6.07, 6.45) is 7.63. The largest absolute Gasteiger partial charge is 0.352 e. The van der Waals surface area contributed by atoms with E-state index in [4.69, 9.17) is 0 Å². The van der Waals surface area contributed by atoms with Gasteiger partial charge in [-0.1, -0.05) is 6.07 Å². The smallest absolute Gasteiger partial charge is 0.251 e. The van der Waals surface area contributed by atoms with Crippen LogP contribution in [0.5, 0.6) is 0 Å². The number of carbonyl (C=O) groups is 1. The van der Waals surface area contributed by atoms with E-state index in [2.05, 4.69) is 21.8 Å². The summed E-state index contributed by atoms with van der Waals surface area (Å²) in [6.45, 7) is 2.95. The van der Waals surface area contributed by atoms with E-state index in [0.29, 0.717) is 5.92 Å². The quantitative estimate of drug-likeness (QED) is 0.599. The highest BCUT2D eigenvalue weighted by molar-refractivity contribution is 7.98. The van der Waals surface area contributed by atoms with Crippen molar-refractivity contribution in [3.8, 4) is 0 Å². The lowest BCUT2D eigenvalue weighted by Gasteiger charge is -2.22. The van der Waals surface area contributed by atoms with E-state index >= 15 is 0 Å². The number of amides is 1. The maximum Gasteiger partial charge on any atom is 0.251 e. The highest BCUT2D eigenvalue weighted by atomic mass is 32.2. The Bertz CT molecular complexity index is 883. The monoisotopic (exact) mass is 394 g/mol. The van der Waals surface area contributed by atoms with E-state index in [1.807, 2.05) is 53.1 Å². The minimum absolute atomic E-state index is 0.0145. The van der Waals surface area contributed by atoms with Crippen LogP contribution in [0.15, 0.2) is 59.8 Å². The normalized spacial score (nSPS) is 16.9. The molecule has 5 nitrogen and oxygen atoms in total. The Morgan fingerprint density at radius 1 is 1.25 bits per heavy atom. The zero-order valence-electron chi connectivity index (χ0n) is 15.9. The van der Waals surface area contributed by atoms with Crippen molar-refractivity contribution in [2.45, 2.75) is 29.9 Å². The average molecular weight is 395 g/mol. The first kappa shape index (κ1) is 19.0. The van der Waals surface area contributed by atoms with Crippen LogP contribution >= 0.6 is 11.8 Å². The van der Waals surface area contributed by atoms with Crippen molar-refractivity contribution in [3.05, 3.63) is 66.1 Å². The lowest BCUT2D eigenvalue weighted by molar-refractivity contribution is 0.0950. The molecule has 0 radical (unpaired) electrons. The summed E-state index contributed by atoms with van der Waals surface area (Å²) in [5.74, 6) is 1.51. The van der Waals surface area contributed by atoms with Crippen molar-refractivity contribution in [1.82, 2.24) is 20.0 Å². The van der Waals surface area contributed by atoms with Crippen LogP contribution in [-0.4, -0.2) is 34.9 Å². The van der Waals surface area contributed by atoms with Gasteiger partial charge in [0.25, 0.3) is 5.91 Å². The molecule has 1 fully saturated rings. The number of imidazole rings is 1. The first-order valence-electron chi connectivity index (χ1n) is 9.92. The summed E-state index contributed by atoms with van der Waals surface area (Å²) < 4.78 is 2.03. The van der Waals surface area contributed by atoms with Crippen molar-refractivity contribution in [3.63, 3.8) is 0 Å². The molecule has 3 heterocycles. The number of benzene rings is 1. The molecule has 0 aliphatic carbocycles. The Morgan fingerprint density at radius 2 is 2.14 bits per heavy atom. The first-order chi connectivity index (χ1) is 13.8. The van der Waals surface area contributed by atoms with E-state index in [0.717, 1.165) is 53.6 Å². The zero-order valence-corrected chi connectivity index (χ0v) is 16.8. The maximum absolute atomic E-state index is 12.3. The Balaban J connectivity index is 1.25. The van der Waals surface area contributed by atoms with Crippen molar-refractivity contribution >= 4 is 23.3 Å². The van der Waals surface area contributed by atoms with Gasteiger partial charge in [-0.25, -0.2) is 4.98 Å². The second-order valence-electron chi connectivity index (χ2n) is 7.27. The summed E-state index contributed by atoms with van der Waals surface area (Å²) in [6, 6.07) is 13.8. The van der Waals surface area contributed by atoms with Crippen molar-refractivity contribution in [2.24, 2.45) is 5.92 Å². The van der Waals surface area contributed by atoms with Gasteiger partial charge in [0.1, 0.15) is 5.65 Å². The van der Waals surface area contributed by atoms with Gasteiger partial charge in [-0.15, -0.1) is 11.8 Å². The molecule has 0 spiro atoms. The predicted molar refractivity (Wildman–Crippen MR) is 114 cm³/mol. The van der Waals surface area contributed by atoms with Crippen LogP contribution in [-0.2, 0) is 5.75 Å². The Hall–Kier alpha value is -2.31. The van der Waals surface area contributed by atoms with Gasteiger partial charge in [-0.05, 0) is 74.7 Å². The third-order valence-corrected chi connectivity index (χ3v) is 6.20. The molecule has 1 aliphatic rings. The fourth-order valence-corrected chi connectivity index (χ4v) is 4.36. The van der Waals surface area contributed by atoms with E-state index in [-0.39, 0.29) is 5.91 Å². The number of hydrogen-bond donors (Lipinski definition) is 2. The topological polar surface area (TPSA) is 58.4 Å². The average Bonchev–Trinajstić information content (AvgIpc) is 3.16. The number of aromatic nitrogens is 2. The first-order valence-corrected chi connectivity index (χ1v) is 10.9. The molecule has 1 saturated heterocycles. The molecule has 3 aromatic rings. The number of piperidine rings is 1. The van der Waals surface area contributed by atoms with E-state index in [9.17, 15) is 4.79 Å². The molecule has 1 aromatic carbocycles. The molecule has 2 aromatic heterocycles. The molecule has 146 valence electrons. The van der Waals surface area contributed by atoms with Gasteiger partial charge >= 0.3 is 0 Å². The summed E-state index contributed by atoms with van der Waals surface area (Å²) in [7, 11) is 0. The number of carbonyl (C=O) groups excluding carboxylic acids is 1. The highest BCUT2D eigenvalue weighted by Gasteiger charge is 2.13. The standard InChI is InChI=1S/C22H26N4OS/c27-22(24-12-10-17-4-3-11-23-14-17)18-6-8-20(9-7-18)28-16-19-15-26-13-2-1-5-21(26)25-19/h1-2,5-9,13,15,17,23H,3-4,10-12,14,16H2,(H,24,27). The fraction of sp³-hybridized carbons (Fsp3) is 0.364. The van der Waals surface area contributed by atoms with Crippen LogP contribution in [0.2, 0.25) is 0 Å². The van der Waals surface area contributed by atoms with E-state index in [1.165, 1.54) is 12.8 Å². The van der Waals surface area contributed by atoms with Crippen LogP contribution < -0.4 is 10.6 Å². The number of rotatable bonds is 7. The van der Waals surface area contributed by atoms with Crippen molar-refractivity contribution < 1.29 is 4.79 Å². The number of hydrogen-bond acceptors (Lipinski definition) is 4. The molecule has 6 heteroatoms. The molecule has 1 atom stereocenters. The summed E-state index contributed by atoms with van der Waals surface area (Å²) in [5.41, 5.74) is 2.74. The van der Waals surface area contributed by atoms with Gasteiger partial charge < -0.3 is 15.0 Å². The summed E-state index contributed by atoms with van der Waals surface area (Å²) in [5, 5.41) is 6.47. The van der Waals surface area contributed by atoms with Crippen LogP contribution in [0.1, 0.15) is 35.3 Å². The van der Waals surface area contributed by atoms with Crippen LogP contribution in [0.3, 0.4) is 0 Å². The molecule has 28 heavy (non-hydrogen) atoms. The second kappa shape index (κ2) is 9.26. The van der Waals surface area contributed by atoms with Gasteiger partial charge in [-0.3, -0.25) is 4.79 Å². The zero-order chi connectivity index (χ0) is 19.2. The number of pyridine rings is 1. The lowest BCUT2D eigenvalue weighted by atomic mass is 9.96. The van der Waals surface area contributed by atoms with Gasteiger partial charge in [0.15, 0.2) is 0 Å². The number of thioether (sulfide) groups is 1. The van der Waals surface area contributed by atoms with Crippen molar-refractivity contribution in [1.29, 1.82) is 0 Å². The molecular weight excluding hydrogens is 368 g/mol. The fourth-order valence-electron chi connectivity index (χ4n) is 3.58. The Kier molecular flexibility index (Phi) is 6.29. The molecule has 0 bridgehead atoms. The Morgan fingerprint density at radius 3 is 2.93 bits per heavy atom. The molecule has 2 N–H and O–H groups in total. The van der Waals surface area contributed by atoms with E-state index < -0.39 is 0 Å². The molecule has 1 amide bonds. The number of fused-ring (bicyclic) bond motifs is 1. The lowest BCUT2D eigenvalue weighted by Crippen LogP contribution is -2.33. The van der Waals surface area contributed by atoms with Gasteiger partial charge in [0.05, 0.1) is 5.69 Å². The number of nitrogens with one attached hydrogen (secondary N) is 2. The molecule has 1 aliphatic heterocycles. The maximum atomic E-state index is 12.3. The van der Waals surface area contributed by atoms with Gasteiger partial charge in [0, 0.05) is 35.2 Å². The highest BCUT2D eigenvalue weighted by Crippen LogP contribution is 2.23. The molecule has 4 rings (SSSR count). The van der Waals surface area contributed by atoms with Gasteiger partial charge in [-0.2, -0.15) is 0 Å². The molecule has 0 saturated carbocycles. The van der Waals surface area contributed by atoms with Crippen molar-refractivity contribution in [2.75, 3.05) is 19.6 Å². The molecule has 1 unspecified atom stereocenters. The SMILES string of the molecule is O=C(NCCC1CCCNC1)c1ccc(SCc2cn3ccccc3n2)cc1. The Labute approximate surface area is 169 Å². The molecular formula is C22H26N4OS. The van der Waals surface area contributed by atoms with E-state index in [1.54, 1.807) is 11.8 Å². The second-order valence-corrected chi connectivity index (χ2v) is 8.32. The van der Waals surface area contributed by atoms with Gasteiger partial charge in [0.2, 0.25) is 0 Å². The third-order valence-electron chi connectivity index (χ3n) is 5.15. The summed E-state index contributed by atoms with van der Waals surface area (Å²) >= 11 is 1.73. The third kappa shape index (κ3) is 4.94. The summed E-state index contributed by atoms with van der Waals surface area (Å²) in [4.78, 5) is 18.1. The minimum Gasteiger partial charge on any atom is -0.352 e. The predicted octanol–water partition coefficient (Wildman–Crippen LogP) is 3.75.